The van der Waals surface area contributed by atoms with E-state index in [0.717, 1.165) is 5.56 Å². The molecule has 1 aromatic carbocycles. The van der Waals surface area contributed by atoms with Crippen LogP contribution in [-0.4, -0.2) is 19.0 Å². The molecule has 0 atom stereocenters. The fourth-order valence-electron chi connectivity index (χ4n) is 1.03. The molecule has 1 amide bonds. The zero-order chi connectivity index (χ0) is 11.6. The van der Waals surface area contributed by atoms with Crippen LogP contribution in [0.4, 0.5) is 0 Å². The molecule has 0 saturated carbocycles. The predicted molar refractivity (Wildman–Crippen MR) is 64.5 cm³/mol. The molecule has 3 heteroatoms. The first-order chi connectivity index (χ1) is 7.83. The van der Waals surface area contributed by atoms with Gasteiger partial charge in [0.25, 0.3) is 5.91 Å². The molecule has 3 N–H and O–H groups in total. The normalized spacial score (nSPS) is 9.56. The highest BCUT2D eigenvalue weighted by Crippen LogP contribution is 1.94. The van der Waals surface area contributed by atoms with E-state index < -0.39 is 0 Å². The molecule has 0 fully saturated rings. The minimum atomic E-state index is -0.287. The van der Waals surface area contributed by atoms with Gasteiger partial charge in [0.05, 0.1) is 0 Å². The van der Waals surface area contributed by atoms with E-state index in [4.69, 9.17) is 5.73 Å². The van der Waals surface area contributed by atoms with Crippen molar-refractivity contribution in [2.75, 3.05) is 13.1 Å². The number of rotatable bonds is 3. The third kappa shape index (κ3) is 4.99. The average molecular weight is 214 g/mol. The van der Waals surface area contributed by atoms with Crippen molar-refractivity contribution in [3.63, 3.8) is 0 Å². The maximum absolute atomic E-state index is 11.2. The Balaban J connectivity index is 2.40. The van der Waals surface area contributed by atoms with Crippen molar-refractivity contribution in [2.45, 2.75) is 0 Å². The summed E-state index contributed by atoms with van der Waals surface area (Å²) in [4.78, 5) is 11.2. The minimum Gasteiger partial charge on any atom is -0.342 e. The van der Waals surface area contributed by atoms with E-state index in [2.05, 4.69) is 17.2 Å². The molecule has 0 bridgehead atoms. The van der Waals surface area contributed by atoms with E-state index in [1.54, 1.807) is 12.2 Å². The molecule has 0 aliphatic carbocycles. The van der Waals surface area contributed by atoms with Gasteiger partial charge in [0, 0.05) is 24.6 Å². The third-order valence-electron chi connectivity index (χ3n) is 1.78. The molecule has 0 aromatic heterocycles. The first-order valence-corrected chi connectivity index (χ1v) is 5.03. The number of hydrogen-bond acceptors (Lipinski definition) is 2. The van der Waals surface area contributed by atoms with Crippen molar-refractivity contribution < 1.29 is 4.79 Å². The second-order valence-corrected chi connectivity index (χ2v) is 3.03. The second kappa shape index (κ2) is 7.27. The molecule has 0 heterocycles. The van der Waals surface area contributed by atoms with Gasteiger partial charge in [0.1, 0.15) is 0 Å². The van der Waals surface area contributed by atoms with E-state index in [9.17, 15) is 4.79 Å². The summed E-state index contributed by atoms with van der Waals surface area (Å²) in [7, 11) is 0. The van der Waals surface area contributed by atoms with Crippen LogP contribution in [0.15, 0.2) is 42.5 Å². The molecule has 0 aliphatic heterocycles. The SMILES string of the molecule is NC/C=C/CNC(=O)C#Cc1ccccc1. The summed E-state index contributed by atoms with van der Waals surface area (Å²) in [5.74, 6) is 5.00. The molecule has 0 saturated heterocycles. The number of nitrogens with two attached hydrogens (primary N) is 1. The number of hydrogen-bond donors (Lipinski definition) is 2. The zero-order valence-corrected chi connectivity index (χ0v) is 8.94. The van der Waals surface area contributed by atoms with Gasteiger partial charge in [-0.2, -0.15) is 0 Å². The maximum Gasteiger partial charge on any atom is 0.296 e. The summed E-state index contributed by atoms with van der Waals surface area (Å²) < 4.78 is 0. The monoisotopic (exact) mass is 214 g/mol. The van der Waals surface area contributed by atoms with E-state index in [0.29, 0.717) is 13.1 Å². The number of nitrogens with one attached hydrogen (secondary N) is 1. The van der Waals surface area contributed by atoms with Crippen LogP contribution < -0.4 is 11.1 Å². The number of benzene rings is 1. The van der Waals surface area contributed by atoms with E-state index in [1.165, 1.54) is 0 Å². The van der Waals surface area contributed by atoms with Gasteiger partial charge < -0.3 is 11.1 Å². The quantitative estimate of drug-likeness (QED) is 0.574. The van der Waals surface area contributed by atoms with Crippen molar-refractivity contribution in [3.8, 4) is 11.8 Å². The minimum absolute atomic E-state index is 0.287. The Labute approximate surface area is 95.3 Å². The van der Waals surface area contributed by atoms with Crippen molar-refractivity contribution in [3.05, 3.63) is 48.0 Å². The standard InChI is InChI=1S/C13H14N2O/c14-10-4-5-11-15-13(16)9-8-12-6-2-1-3-7-12/h1-7H,10-11,14H2,(H,15,16)/b5-4+. The van der Waals surface area contributed by atoms with Crippen LogP contribution in [0.1, 0.15) is 5.56 Å². The van der Waals surface area contributed by atoms with Crippen LogP contribution in [0.3, 0.4) is 0 Å². The van der Waals surface area contributed by atoms with Gasteiger partial charge in [0.2, 0.25) is 0 Å². The largest absolute Gasteiger partial charge is 0.342 e. The molecule has 0 spiro atoms. The van der Waals surface area contributed by atoms with Gasteiger partial charge in [-0.3, -0.25) is 4.79 Å². The Hall–Kier alpha value is -2.05. The number of carbonyl (C=O) groups is 1. The fourth-order valence-corrected chi connectivity index (χ4v) is 1.03. The van der Waals surface area contributed by atoms with Crippen LogP contribution in [0.25, 0.3) is 0 Å². The molecule has 82 valence electrons. The molecule has 1 rings (SSSR count). The first kappa shape index (κ1) is 12.0. The van der Waals surface area contributed by atoms with Crippen LogP contribution in [0.2, 0.25) is 0 Å². The van der Waals surface area contributed by atoms with Gasteiger partial charge >= 0.3 is 0 Å². The van der Waals surface area contributed by atoms with Crippen LogP contribution >= 0.6 is 0 Å². The summed E-state index contributed by atoms with van der Waals surface area (Å²) in [6.07, 6.45) is 3.58. The summed E-state index contributed by atoms with van der Waals surface area (Å²) in [5.41, 5.74) is 6.08. The fraction of sp³-hybridized carbons (Fsp3) is 0.154. The van der Waals surface area contributed by atoms with Crippen molar-refractivity contribution in [1.82, 2.24) is 5.32 Å². The van der Waals surface area contributed by atoms with Crippen molar-refractivity contribution >= 4 is 5.91 Å². The topological polar surface area (TPSA) is 55.1 Å². The maximum atomic E-state index is 11.2. The third-order valence-corrected chi connectivity index (χ3v) is 1.78. The molecule has 3 nitrogen and oxygen atoms in total. The summed E-state index contributed by atoms with van der Waals surface area (Å²) in [5, 5.41) is 2.63. The van der Waals surface area contributed by atoms with Gasteiger partial charge in [-0.15, -0.1) is 0 Å². The van der Waals surface area contributed by atoms with Crippen LogP contribution in [0.5, 0.6) is 0 Å². The molecule has 16 heavy (non-hydrogen) atoms. The van der Waals surface area contributed by atoms with Gasteiger partial charge in [0.15, 0.2) is 0 Å². The smallest absolute Gasteiger partial charge is 0.296 e. The lowest BCUT2D eigenvalue weighted by Gasteiger charge is -1.93. The van der Waals surface area contributed by atoms with Crippen LogP contribution in [-0.2, 0) is 4.79 Å². The first-order valence-electron chi connectivity index (χ1n) is 5.03. The zero-order valence-electron chi connectivity index (χ0n) is 8.94. The highest BCUT2D eigenvalue weighted by Gasteiger charge is 1.90. The molecule has 0 aliphatic rings. The lowest BCUT2D eigenvalue weighted by atomic mass is 10.2. The Morgan fingerprint density at radius 2 is 2.06 bits per heavy atom. The highest BCUT2D eigenvalue weighted by molar-refractivity contribution is 5.94. The van der Waals surface area contributed by atoms with Gasteiger partial charge in [-0.1, -0.05) is 36.3 Å². The van der Waals surface area contributed by atoms with E-state index >= 15 is 0 Å². The molecular weight excluding hydrogens is 200 g/mol. The lowest BCUT2D eigenvalue weighted by Crippen LogP contribution is -2.21. The van der Waals surface area contributed by atoms with Gasteiger partial charge in [-0.25, -0.2) is 0 Å². The van der Waals surface area contributed by atoms with Gasteiger partial charge in [-0.05, 0) is 12.1 Å². The predicted octanol–water partition coefficient (Wildman–Crippen LogP) is 0.669. The Bertz CT molecular complexity index is 413. The number of carbonyl (C=O) groups excluding carboxylic acids is 1. The summed E-state index contributed by atoms with van der Waals surface area (Å²) in [6, 6.07) is 9.38. The van der Waals surface area contributed by atoms with Crippen molar-refractivity contribution in [2.24, 2.45) is 5.73 Å². The van der Waals surface area contributed by atoms with Crippen molar-refractivity contribution in [1.29, 1.82) is 0 Å². The Morgan fingerprint density at radius 1 is 1.31 bits per heavy atom. The summed E-state index contributed by atoms with van der Waals surface area (Å²) >= 11 is 0. The summed E-state index contributed by atoms with van der Waals surface area (Å²) in [6.45, 7) is 0.936. The van der Waals surface area contributed by atoms with E-state index in [1.807, 2.05) is 30.3 Å². The lowest BCUT2D eigenvalue weighted by molar-refractivity contribution is -0.115. The molecular formula is C13H14N2O. The average Bonchev–Trinajstić information content (AvgIpc) is 2.33. The molecule has 0 radical (unpaired) electrons. The number of amides is 1. The molecule has 0 unspecified atom stereocenters. The molecule has 1 aromatic rings. The van der Waals surface area contributed by atoms with Crippen LogP contribution in [0, 0.1) is 11.8 Å². The highest BCUT2D eigenvalue weighted by atomic mass is 16.1. The Morgan fingerprint density at radius 3 is 2.75 bits per heavy atom. The Kier molecular flexibility index (Phi) is 5.46. The van der Waals surface area contributed by atoms with E-state index in [-0.39, 0.29) is 5.91 Å². The second-order valence-electron chi connectivity index (χ2n) is 3.03.